The van der Waals surface area contributed by atoms with Gasteiger partial charge in [0.05, 0.1) is 5.69 Å². The number of benzene rings is 1. The third-order valence-corrected chi connectivity index (χ3v) is 4.88. The largest absolute Gasteiger partial charge is 0.423 e. The van der Waals surface area contributed by atoms with Crippen LogP contribution in [-0.2, 0) is 0 Å². The third-order valence-electron chi connectivity index (χ3n) is 4.88. The monoisotopic (exact) mass is 375 g/mol. The van der Waals surface area contributed by atoms with Gasteiger partial charge in [0, 0.05) is 18.7 Å². The fourth-order valence-electron chi connectivity index (χ4n) is 3.57. The van der Waals surface area contributed by atoms with E-state index in [1.54, 1.807) is 6.20 Å². The number of nitrogens with zero attached hydrogens (tertiary/aromatic N) is 5. The predicted octanol–water partition coefficient (Wildman–Crippen LogP) is 5.33. The predicted molar refractivity (Wildman–Crippen MR) is 110 cm³/mol. The Kier molecular flexibility index (Phi) is 4.49. The first-order chi connectivity index (χ1) is 13.3. The van der Waals surface area contributed by atoms with Crippen LogP contribution in [0.25, 0.3) is 28.3 Å². The molecule has 0 saturated heterocycles. The molecule has 4 rings (SSSR count). The van der Waals surface area contributed by atoms with Crippen molar-refractivity contribution in [3.05, 3.63) is 53.3 Å². The molecular weight excluding hydrogens is 350 g/mol. The Morgan fingerprint density at radius 3 is 2.29 bits per heavy atom. The van der Waals surface area contributed by atoms with Crippen molar-refractivity contribution in [2.24, 2.45) is 0 Å². The second-order valence-electron chi connectivity index (χ2n) is 7.77. The molecule has 28 heavy (non-hydrogen) atoms. The van der Waals surface area contributed by atoms with E-state index in [0.717, 1.165) is 28.4 Å². The number of fused-ring (bicyclic) bond motifs is 1. The van der Waals surface area contributed by atoms with Gasteiger partial charge in [0.2, 0.25) is 5.71 Å². The highest BCUT2D eigenvalue weighted by Crippen LogP contribution is 2.33. The Labute approximate surface area is 164 Å². The summed E-state index contributed by atoms with van der Waals surface area (Å²) in [5.74, 6) is 2.82. The Hall–Kier alpha value is -3.02. The molecule has 0 atom stereocenters. The van der Waals surface area contributed by atoms with Crippen molar-refractivity contribution in [3.63, 3.8) is 0 Å². The second kappa shape index (κ2) is 6.86. The SMILES string of the molecule is Cc1nc(-c2cnc3oc(C)nc3c2)n(-c2c(C(C)C)cccc2C(C)C)n1. The number of hydrogen-bond donors (Lipinski definition) is 0. The average Bonchev–Trinajstić information content (AvgIpc) is 3.21. The minimum absolute atomic E-state index is 0.366. The molecule has 1 aromatic carbocycles. The molecule has 0 N–H and O–H groups in total. The quantitative estimate of drug-likeness (QED) is 0.482. The molecule has 0 aliphatic carbocycles. The van der Waals surface area contributed by atoms with Crippen LogP contribution in [0.4, 0.5) is 0 Å². The maximum atomic E-state index is 5.51. The Bertz CT molecular complexity index is 1130. The molecule has 0 radical (unpaired) electrons. The zero-order valence-corrected chi connectivity index (χ0v) is 17.2. The maximum absolute atomic E-state index is 5.51. The molecule has 4 aromatic rings. The van der Waals surface area contributed by atoms with E-state index in [-0.39, 0.29) is 0 Å². The standard InChI is InChI=1S/C22H25N5O/c1-12(2)17-8-7-9-18(13(3)4)20(17)27-21(24-14(5)26-27)16-10-19-22(23-11-16)28-15(6)25-19/h7-13H,1-6H3. The van der Waals surface area contributed by atoms with Crippen LogP contribution >= 0.6 is 0 Å². The van der Waals surface area contributed by atoms with Crippen LogP contribution < -0.4 is 0 Å². The lowest BCUT2D eigenvalue weighted by Crippen LogP contribution is -2.10. The molecule has 3 aromatic heterocycles. The summed E-state index contributed by atoms with van der Waals surface area (Å²) in [7, 11) is 0. The lowest BCUT2D eigenvalue weighted by atomic mass is 9.92. The van der Waals surface area contributed by atoms with E-state index in [2.05, 4.69) is 55.9 Å². The Balaban J connectivity index is 1.98. The molecule has 0 unspecified atom stereocenters. The van der Waals surface area contributed by atoms with E-state index in [1.165, 1.54) is 11.1 Å². The fourth-order valence-corrected chi connectivity index (χ4v) is 3.57. The summed E-state index contributed by atoms with van der Waals surface area (Å²) in [4.78, 5) is 13.6. The number of aryl methyl sites for hydroxylation is 2. The first-order valence-corrected chi connectivity index (χ1v) is 9.65. The number of pyridine rings is 1. The fraction of sp³-hybridized carbons (Fsp3) is 0.364. The van der Waals surface area contributed by atoms with Gasteiger partial charge in [0.25, 0.3) is 0 Å². The third kappa shape index (κ3) is 3.09. The normalized spacial score (nSPS) is 11.9. The van der Waals surface area contributed by atoms with Crippen molar-refractivity contribution in [1.82, 2.24) is 24.7 Å². The number of para-hydroxylation sites is 1. The van der Waals surface area contributed by atoms with E-state index in [1.807, 2.05) is 24.6 Å². The molecule has 0 fully saturated rings. The number of rotatable bonds is 4. The second-order valence-corrected chi connectivity index (χ2v) is 7.77. The molecule has 3 heterocycles. The number of oxazole rings is 1. The van der Waals surface area contributed by atoms with Crippen molar-refractivity contribution >= 4 is 11.2 Å². The molecule has 6 nitrogen and oxygen atoms in total. The van der Waals surface area contributed by atoms with Gasteiger partial charge in [-0.3, -0.25) is 0 Å². The molecule has 144 valence electrons. The molecule has 0 saturated carbocycles. The molecule has 6 heteroatoms. The van der Waals surface area contributed by atoms with Crippen LogP contribution in [0.15, 0.2) is 34.9 Å². The smallest absolute Gasteiger partial charge is 0.246 e. The highest BCUT2D eigenvalue weighted by Gasteiger charge is 2.21. The van der Waals surface area contributed by atoms with E-state index >= 15 is 0 Å². The van der Waals surface area contributed by atoms with Crippen LogP contribution in [0.5, 0.6) is 0 Å². The van der Waals surface area contributed by atoms with Gasteiger partial charge in [-0.2, -0.15) is 5.10 Å². The molecular formula is C22H25N5O. The van der Waals surface area contributed by atoms with Gasteiger partial charge < -0.3 is 4.42 Å². The highest BCUT2D eigenvalue weighted by molar-refractivity contribution is 5.75. The zero-order chi connectivity index (χ0) is 20.0. The van der Waals surface area contributed by atoms with Crippen molar-refractivity contribution in [2.45, 2.75) is 53.4 Å². The summed E-state index contributed by atoms with van der Waals surface area (Å²) in [5.41, 5.74) is 5.75. The van der Waals surface area contributed by atoms with Crippen LogP contribution in [-0.4, -0.2) is 24.7 Å². The minimum atomic E-state index is 0.366. The Morgan fingerprint density at radius 1 is 0.964 bits per heavy atom. The van der Waals surface area contributed by atoms with Crippen molar-refractivity contribution in [2.75, 3.05) is 0 Å². The van der Waals surface area contributed by atoms with E-state index in [0.29, 0.717) is 23.4 Å². The van der Waals surface area contributed by atoms with Crippen molar-refractivity contribution in [3.8, 4) is 17.1 Å². The lowest BCUT2D eigenvalue weighted by Gasteiger charge is -2.20. The number of aromatic nitrogens is 5. The summed E-state index contributed by atoms with van der Waals surface area (Å²) in [6, 6.07) is 8.44. The maximum Gasteiger partial charge on any atom is 0.246 e. The summed E-state index contributed by atoms with van der Waals surface area (Å²) >= 11 is 0. The zero-order valence-electron chi connectivity index (χ0n) is 17.2. The molecule has 0 bridgehead atoms. The van der Waals surface area contributed by atoms with Crippen molar-refractivity contribution in [1.29, 1.82) is 0 Å². The molecule has 0 aliphatic heterocycles. The molecule has 0 aliphatic rings. The van der Waals surface area contributed by atoms with Gasteiger partial charge in [-0.25, -0.2) is 19.6 Å². The van der Waals surface area contributed by atoms with Crippen molar-refractivity contribution < 1.29 is 4.42 Å². The first kappa shape index (κ1) is 18.3. The number of hydrogen-bond acceptors (Lipinski definition) is 5. The van der Waals surface area contributed by atoms with Gasteiger partial charge in [-0.15, -0.1) is 0 Å². The van der Waals surface area contributed by atoms with E-state index in [4.69, 9.17) is 14.5 Å². The first-order valence-electron chi connectivity index (χ1n) is 9.65. The summed E-state index contributed by atoms with van der Waals surface area (Å²) in [6.07, 6.45) is 1.78. The lowest BCUT2D eigenvalue weighted by molar-refractivity contribution is 0.551. The van der Waals surface area contributed by atoms with Gasteiger partial charge >= 0.3 is 0 Å². The highest BCUT2D eigenvalue weighted by atomic mass is 16.4. The summed E-state index contributed by atoms with van der Waals surface area (Å²) in [6.45, 7) is 12.6. The minimum Gasteiger partial charge on any atom is -0.423 e. The molecule has 0 amide bonds. The topological polar surface area (TPSA) is 69.6 Å². The van der Waals surface area contributed by atoms with Crippen LogP contribution in [0.2, 0.25) is 0 Å². The van der Waals surface area contributed by atoms with Gasteiger partial charge in [0.15, 0.2) is 11.7 Å². The van der Waals surface area contributed by atoms with Gasteiger partial charge in [-0.1, -0.05) is 45.9 Å². The summed E-state index contributed by atoms with van der Waals surface area (Å²) < 4.78 is 7.48. The average molecular weight is 375 g/mol. The van der Waals surface area contributed by atoms with Gasteiger partial charge in [-0.05, 0) is 36.0 Å². The summed E-state index contributed by atoms with van der Waals surface area (Å²) in [5, 5.41) is 4.76. The van der Waals surface area contributed by atoms with E-state index in [9.17, 15) is 0 Å². The van der Waals surface area contributed by atoms with Crippen LogP contribution in [0.3, 0.4) is 0 Å². The van der Waals surface area contributed by atoms with E-state index < -0.39 is 0 Å². The Morgan fingerprint density at radius 2 is 1.64 bits per heavy atom. The van der Waals surface area contributed by atoms with Crippen LogP contribution in [0, 0.1) is 13.8 Å². The van der Waals surface area contributed by atoms with Gasteiger partial charge in [0.1, 0.15) is 11.3 Å². The molecule has 0 spiro atoms. The van der Waals surface area contributed by atoms with Crippen LogP contribution in [0.1, 0.15) is 62.4 Å².